The first-order chi connectivity index (χ1) is 24.7. The number of para-hydroxylation sites is 6. The van der Waals surface area contributed by atoms with Crippen molar-refractivity contribution in [1.82, 2.24) is 13.7 Å². The van der Waals surface area contributed by atoms with Gasteiger partial charge in [-0.3, -0.25) is 0 Å². The van der Waals surface area contributed by atoms with E-state index in [4.69, 9.17) is 8.22 Å². The van der Waals surface area contributed by atoms with Crippen LogP contribution in [0.1, 0.15) is 8.22 Å². The van der Waals surface area contributed by atoms with Crippen LogP contribution in [0.3, 0.4) is 0 Å². The normalized spacial score (nSPS) is 13.9. The Morgan fingerprint density at radius 2 is 0.489 bits per heavy atom. The van der Waals surface area contributed by atoms with Crippen molar-refractivity contribution in [3.05, 3.63) is 164 Å². The van der Waals surface area contributed by atoms with Crippen molar-refractivity contribution in [3.8, 4) is 17.1 Å². The number of aromatic nitrogens is 3. The fourth-order valence-electron chi connectivity index (χ4n) is 7.19. The van der Waals surface area contributed by atoms with Gasteiger partial charge in [0.2, 0.25) is 0 Å². The van der Waals surface area contributed by atoms with Crippen LogP contribution in [0.25, 0.3) is 82.5 Å². The Kier molecular flexibility index (Phi) is 3.95. The van der Waals surface area contributed by atoms with E-state index >= 15 is 0 Å². The van der Waals surface area contributed by atoms with E-state index in [1.807, 2.05) is 72.8 Å². The Balaban J connectivity index is 1.38. The predicted octanol–water partition coefficient (Wildman–Crippen LogP) is 11.0. The van der Waals surface area contributed by atoms with Gasteiger partial charge in [0, 0.05) is 32.3 Å². The van der Waals surface area contributed by atoms with Gasteiger partial charge in [0.1, 0.15) is 0 Å². The SMILES string of the molecule is [2H]c1ccc2c(c1)c1cc([2H])ccc1n2-c1cc(-n2c3ccc([2H])cc3c3cc([2H])ccc32)cc(-n2c3ccc([2H])cc3c3cc([2H])ccc32)c1. The first-order valence-corrected chi connectivity index (χ1v) is 14.9. The minimum Gasteiger partial charge on any atom is -0.309 e. The first kappa shape index (κ1) is 19.3. The molecule has 0 amide bonds. The van der Waals surface area contributed by atoms with E-state index in [1.54, 1.807) is 36.4 Å². The van der Waals surface area contributed by atoms with Crippen molar-refractivity contribution >= 4 is 65.4 Å². The highest BCUT2D eigenvalue weighted by Crippen LogP contribution is 2.38. The minimum absolute atomic E-state index is 0.395. The molecule has 0 aliphatic rings. The van der Waals surface area contributed by atoms with Crippen molar-refractivity contribution in [1.29, 1.82) is 0 Å². The molecule has 0 radical (unpaired) electrons. The van der Waals surface area contributed by atoms with Gasteiger partial charge >= 0.3 is 0 Å². The van der Waals surface area contributed by atoms with Crippen molar-refractivity contribution in [2.24, 2.45) is 0 Å². The van der Waals surface area contributed by atoms with Gasteiger partial charge in [-0.25, -0.2) is 0 Å². The molecule has 0 spiro atoms. The zero-order valence-electron chi connectivity index (χ0n) is 30.0. The Morgan fingerprint density at radius 3 is 0.689 bits per heavy atom. The number of hydrogen-bond acceptors (Lipinski definition) is 0. The van der Waals surface area contributed by atoms with Crippen LogP contribution < -0.4 is 0 Å². The third kappa shape index (κ3) is 3.41. The molecule has 0 bridgehead atoms. The van der Waals surface area contributed by atoms with Crippen LogP contribution in [0.4, 0.5) is 0 Å². The van der Waals surface area contributed by atoms with Gasteiger partial charge in [-0.2, -0.15) is 0 Å². The van der Waals surface area contributed by atoms with E-state index in [2.05, 4.69) is 31.9 Å². The molecule has 45 heavy (non-hydrogen) atoms. The quantitative estimate of drug-likeness (QED) is 0.198. The lowest BCUT2D eigenvalue weighted by molar-refractivity contribution is 1.10. The number of benzene rings is 7. The maximum atomic E-state index is 8.43. The zero-order valence-corrected chi connectivity index (χ0v) is 24.0. The number of fused-ring (bicyclic) bond motifs is 9. The molecule has 210 valence electrons. The molecule has 0 saturated carbocycles. The molecule has 3 aromatic heterocycles. The van der Waals surface area contributed by atoms with Crippen molar-refractivity contribution in [3.63, 3.8) is 0 Å². The van der Waals surface area contributed by atoms with Gasteiger partial charge in [-0.05, 0) is 54.6 Å². The van der Waals surface area contributed by atoms with Gasteiger partial charge in [-0.15, -0.1) is 0 Å². The largest absolute Gasteiger partial charge is 0.309 e. The molecule has 0 aliphatic heterocycles. The molecule has 0 saturated heterocycles. The summed E-state index contributed by atoms with van der Waals surface area (Å²) in [6, 6.07) is 42.4. The molecule has 0 fully saturated rings. The molecule has 3 heterocycles. The van der Waals surface area contributed by atoms with E-state index in [0.29, 0.717) is 36.3 Å². The molecule has 3 nitrogen and oxygen atoms in total. The minimum atomic E-state index is 0.395. The molecule has 10 aromatic rings. The molecule has 0 unspecified atom stereocenters. The second-order valence-corrected chi connectivity index (χ2v) is 11.4. The Bertz CT molecular complexity index is 2590. The molecule has 7 aromatic carbocycles. The molecular weight excluding hydrogens is 546 g/mol. The topological polar surface area (TPSA) is 14.8 Å². The van der Waals surface area contributed by atoms with Gasteiger partial charge in [-0.1, -0.05) is 109 Å². The van der Waals surface area contributed by atoms with Gasteiger partial charge in [0.05, 0.1) is 58.4 Å². The molecule has 3 heteroatoms. The number of nitrogens with zero attached hydrogens (tertiary/aromatic N) is 3. The average Bonchev–Trinajstić information content (AvgIpc) is 3.72. The predicted molar refractivity (Wildman–Crippen MR) is 189 cm³/mol. The van der Waals surface area contributed by atoms with E-state index in [9.17, 15) is 0 Å². The third-order valence-electron chi connectivity index (χ3n) is 9.02. The summed E-state index contributed by atoms with van der Waals surface area (Å²) in [5, 5.41) is 5.36. The lowest BCUT2D eigenvalue weighted by Gasteiger charge is -2.17. The van der Waals surface area contributed by atoms with Crippen LogP contribution in [0.2, 0.25) is 0 Å². The highest BCUT2D eigenvalue weighted by Gasteiger charge is 2.19. The summed E-state index contributed by atoms with van der Waals surface area (Å²) in [5.74, 6) is 0. The summed E-state index contributed by atoms with van der Waals surface area (Å²) < 4.78 is 57.1. The Morgan fingerprint density at radius 1 is 0.289 bits per heavy atom. The molecule has 0 aliphatic carbocycles. The molecule has 0 atom stereocenters. The third-order valence-corrected chi connectivity index (χ3v) is 9.02. The summed E-state index contributed by atoms with van der Waals surface area (Å²) in [4.78, 5) is 0. The lowest BCUT2D eigenvalue weighted by atomic mass is 10.2. The van der Waals surface area contributed by atoms with Crippen LogP contribution in [-0.2, 0) is 0 Å². The smallest absolute Gasteiger partial charge is 0.0623 e. The van der Waals surface area contributed by atoms with Gasteiger partial charge in [0.15, 0.2) is 0 Å². The van der Waals surface area contributed by atoms with Crippen LogP contribution in [0.15, 0.2) is 164 Å². The van der Waals surface area contributed by atoms with Crippen LogP contribution in [0, 0.1) is 0 Å². The number of rotatable bonds is 3. The Labute approximate surface area is 267 Å². The van der Waals surface area contributed by atoms with Crippen LogP contribution >= 0.6 is 0 Å². The fraction of sp³-hybridized carbons (Fsp3) is 0. The van der Waals surface area contributed by atoms with Gasteiger partial charge in [0.25, 0.3) is 0 Å². The monoisotopic (exact) mass is 579 g/mol. The highest BCUT2D eigenvalue weighted by molar-refractivity contribution is 6.12. The number of hydrogen-bond donors (Lipinski definition) is 0. The molecule has 0 N–H and O–H groups in total. The first-order valence-electron chi connectivity index (χ1n) is 17.9. The average molecular weight is 580 g/mol. The van der Waals surface area contributed by atoms with E-state index in [0.717, 1.165) is 82.5 Å². The van der Waals surface area contributed by atoms with Crippen LogP contribution in [-0.4, -0.2) is 13.7 Å². The second kappa shape index (κ2) is 9.22. The zero-order chi connectivity index (χ0) is 34.7. The van der Waals surface area contributed by atoms with Crippen molar-refractivity contribution < 1.29 is 8.22 Å². The summed E-state index contributed by atoms with van der Waals surface area (Å²) in [5.41, 5.74) is 8.07. The lowest BCUT2D eigenvalue weighted by Crippen LogP contribution is -2.03. The molecule has 10 rings (SSSR count). The van der Waals surface area contributed by atoms with Gasteiger partial charge < -0.3 is 13.7 Å². The second-order valence-electron chi connectivity index (χ2n) is 11.4. The van der Waals surface area contributed by atoms with Crippen molar-refractivity contribution in [2.45, 2.75) is 0 Å². The van der Waals surface area contributed by atoms with Crippen LogP contribution in [0.5, 0.6) is 0 Å². The maximum Gasteiger partial charge on any atom is 0.0623 e. The van der Waals surface area contributed by atoms with E-state index in [-0.39, 0.29) is 0 Å². The van der Waals surface area contributed by atoms with Crippen molar-refractivity contribution in [2.75, 3.05) is 0 Å². The summed E-state index contributed by atoms with van der Waals surface area (Å²) in [7, 11) is 0. The summed E-state index contributed by atoms with van der Waals surface area (Å²) >= 11 is 0. The Hall–Kier alpha value is -6.06. The van der Waals surface area contributed by atoms with E-state index < -0.39 is 0 Å². The summed E-state index contributed by atoms with van der Waals surface area (Å²) in [6.45, 7) is 0. The maximum absolute atomic E-state index is 8.43. The molecular formula is C42H27N3. The standard InChI is InChI=1S/C42H27N3/c1-7-19-37-31(13-1)32-14-2-8-20-38(32)43(37)28-25-29(44-39-21-9-3-15-33(39)34-16-4-10-22-40(34)44)27-30(26-28)45-41-23-11-5-17-35(41)36-18-6-12-24-42(36)45/h1-27H/i1D,2D,3D,4D,5D,6D. The summed E-state index contributed by atoms with van der Waals surface area (Å²) in [6.07, 6.45) is 0. The highest BCUT2D eigenvalue weighted by atomic mass is 15.0. The van der Waals surface area contributed by atoms with E-state index in [1.165, 1.54) is 0 Å². The fourth-order valence-corrected chi connectivity index (χ4v) is 7.19.